The Bertz CT molecular complexity index is 407. The molecule has 0 spiro atoms. The van der Waals surface area contributed by atoms with E-state index in [1.165, 1.54) is 6.07 Å². The van der Waals surface area contributed by atoms with Crippen LogP contribution in [0.15, 0.2) is 18.2 Å². The average Bonchev–Trinajstić information content (AvgIpc) is 2.02. The molecule has 0 aromatic heterocycles. The molecule has 1 aromatic carbocycles. The van der Waals surface area contributed by atoms with Gasteiger partial charge in [0.15, 0.2) is 0 Å². The molecule has 0 bridgehead atoms. The molecule has 66 valence electrons. The summed E-state index contributed by atoms with van der Waals surface area (Å²) in [6.07, 6.45) is 0. The van der Waals surface area contributed by atoms with E-state index in [4.69, 9.17) is 23.2 Å². The summed E-state index contributed by atoms with van der Waals surface area (Å²) in [7, 11) is 0. The summed E-state index contributed by atoms with van der Waals surface area (Å²) in [4.78, 5) is 10.00. The van der Waals surface area contributed by atoms with E-state index < -0.39 is 5.97 Å². The Morgan fingerprint density at radius 3 is 2.50 bits per heavy atom. The Morgan fingerprint density at radius 2 is 2.00 bits per heavy atom. The van der Waals surface area contributed by atoms with E-state index in [2.05, 4.69) is 5.92 Å². The monoisotopic (exact) mass is 253 g/mol. The predicted molar refractivity (Wildman–Crippen MR) is 54.1 cm³/mol. The third kappa shape index (κ3) is 4.54. The van der Waals surface area contributed by atoms with Gasteiger partial charge in [-0.25, -0.2) is 0 Å². The SMILES string of the molecule is O=C([O-])C#Cc1ccc(Cl)cc1Cl.[Ca+2]. The molecule has 0 saturated heterocycles. The summed E-state index contributed by atoms with van der Waals surface area (Å²) in [6, 6.07) is 4.61. The van der Waals surface area contributed by atoms with Crippen LogP contribution in [-0.2, 0) is 4.79 Å². The van der Waals surface area contributed by atoms with Gasteiger partial charge in [0, 0.05) is 10.6 Å². The van der Waals surface area contributed by atoms with E-state index in [1.54, 1.807) is 12.1 Å². The average molecular weight is 254 g/mol. The summed E-state index contributed by atoms with van der Waals surface area (Å²) in [6.45, 7) is 0. The first-order chi connectivity index (χ1) is 6.09. The van der Waals surface area contributed by atoms with Gasteiger partial charge in [-0.3, -0.25) is 0 Å². The first-order valence-electron chi connectivity index (χ1n) is 3.27. The number of carboxylic acid groups (broad SMARTS) is 1. The van der Waals surface area contributed by atoms with Crippen LogP contribution in [0.2, 0.25) is 10.0 Å². The maximum Gasteiger partial charge on any atom is 2.00 e. The van der Waals surface area contributed by atoms with Gasteiger partial charge in [0.2, 0.25) is 0 Å². The molecule has 2 nitrogen and oxygen atoms in total. The van der Waals surface area contributed by atoms with Crippen molar-refractivity contribution in [2.45, 2.75) is 0 Å². The van der Waals surface area contributed by atoms with Gasteiger partial charge in [0.25, 0.3) is 0 Å². The summed E-state index contributed by atoms with van der Waals surface area (Å²) < 4.78 is 0. The number of benzene rings is 1. The zero-order chi connectivity index (χ0) is 9.84. The van der Waals surface area contributed by atoms with Crippen LogP contribution >= 0.6 is 23.2 Å². The molecule has 0 aliphatic rings. The Labute approximate surface area is 121 Å². The Hall–Kier alpha value is 0.0897. The van der Waals surface area contributed by atoms with Crippen LogP contribution in [0.3, 0.4) is 0 Å². The number of carbonyl (C=O) groups excluding carboxylic acids is 1. The molecule has 0 aliphatic carbocycles. The molecule has 0 aliphatic heterocycles. The first kappa shape index (κ1) is 14.1. The van der Waals surface area contributed by atoms with Crippen LogP contribution in [0, 0.1) is 11.8 Å². The van der Waals surface area contributed by atoms with Crippen LogP contribution in [0.4, 0.5) is 0 Å². The molecule has 0 amide bonds. The molecule has 0 atom stereocenters. The van der Waals surface area contributed by atoms with Crippen molar-refractivity contribution in [3.8, 4) is 11.8 Å². The smallest absolute Gasteiger partial charge is 0.537 e. The molecule has 0 radical (unpaired) electrons. The molecule has 0 heterocycles. The van der Waals surface area contributed by atoms with Gasteiger partial charge in [-0.1, -0.05) is 29.1 Å². The third-order valence-electron chi connectivity index (χ3n) is 1.23. The Morgan fingerprint density at radius 1 is 1.36 bits per heavy atom. The van der Waals surface area contributed by atoms with Crippen LogP contribution < -0.4 is 5.11 Å². The quantitative estimate of drug-likeness (QED) is 0.505. The number of carbonyl (C=O) groups is 1. The minimum atomic E-state index is -1.44. The number of rotatable bonds is 0. The van der Waals surface area contributed by atoms with Crippen molar-refractivity contribution in [2.75, 3.05) is 0 Å². The van der Waals surface area contributed by atoms with Crippen molar-refractivity contribution in [2.24, 2.45) is 0 Å². The summed E-state index contributed by atoms with van der Waals surface area (Å²) in [5, 5.41) is 10.8. The van der Waals surface area contributed by atoms with Crippen molar-refractivity contribution in [1.82, 2.24) is 0 Å². The van der Waals surface area contributed by atoms with E-state index in [0.29, 0.717) is 15.6 Å². The van der Waals surface area contributed by atoms with Gasteiger partial charge in [0.1, 0.15) is 5.97 Å². The van der Waals surface area contributed by atoms with E-state index in [0.717, 1.165) is 0 Å². The van der Waals surface area contributed by atoms with Crippen molar-refractivity contribution < 1.29 is 9.90 Å². The van der Waals surface area contributed by atoms with Crippen LogP contribution in [0.1, 0.15) is 5.56 Å². The maximum absolute atomic E-state index is 10.00. The second-order valence-electron chi connectivity index (χ2n) is 2.16. The second-order valence-corrected chi connectivity index (χ2v) is 3.01. The number of aliphatic carboxylic acids is 1. The summed E-state index contributed by atoms with van der Waals surface area (Å²) >= 11 is 11.3. The van der Waals surface area contributed by atoms with Gasteiger partial charge in [-0.2, -0.15) is 0 Å². The predicted octanol–water partition coefficient (Wildman–Crippen LogP) is 0.714. The number of halogens is 2. The van der Waals surface area contributed by atoms with Crippen molar-refractivity contribution in [3.05, 3.63) is 33.8 Å². The fourth-order valence-electron chi connectivity index (χ4n) is 0.709. The van der Waals surface area contributed by atoms with E-state index in [-0.39, 0.29) is 37.7 Å². The topological polar surface area (TPSA) is 40.1 Å². The minimum Gasteiger partial charge on any atom is -0.537 e. The van der Waals surface area contributed by atoms with E-state index in [1.807, 2.05) is 5.92 Å². The normalized spacial score (nSPS) is 8.14. The summed E-state index contributed by atoms with van der Waals surface area (Å²) in [5.74, 6) is 2.75. The van der Waals surface area contributed by atoms with Crippen molar-refractivity contribution >= 4 is 66.9 Å². The molecule has 1 rings (SSSR count). The zero-order valence-electron chi connectivity index (χ0n) is 7.01. The van der Waals surface area contributed by atoms with E-state index >= 15 is 0 Å². The fraction of sp³-hybridized carbons (Fsp3) is 0. The molecule has 1 aromatic rings. The number of carboxylic acids is 1. The Balaban J connectivity index is 0.00000169. The van der Waals surface area contributed by atoms with Gasteiger partial charge in [0.05, 0.1) is 5.02 Å². The zero-order valence-corrected chi connectivity index (χ0v) is 10.7. The fourth-order valence-corrected chi connectivity index (χ4v) is 1.16. The molecule has 0 fully saturated rings. The molecule has 14 heavy (non-hydrogen) atoms. The van der Waals surface area contributed by atoms with Gasteiger partial charge in [-0.05, 0) is 24.1 Å². The summed E-state index contributed by atoms with van der Waals surface area (Å²) in [5.41, 5.74) is 0.412. The van der Waals surface area contributed by atoms with Crippen LogP contribution in [0.25, 0.3) is 0 Å². The maximum atomic E-state index is 10.00. The first-order valence-corrected chi connectivity index (χ1v) is 4.03. The molecule has 0 saturated carbocycles. The number of hydrogen-bond donors (Lipinski definition) is 0. The number of hydrogen-bond acceptors (Lipinski definition) is 2. The molecular formula is C9H3CaCl2O2+. The largest absolute Gasteiger partial charge is 2.00 e. The second kappa shape index (κ2) is 6.55. The van der Waals surface area contributed by atoms with Gasteiger partial charge >= 0.3 is 37.7 Å². The van der Waals surface area contributed by atoms with E-state index in [9.17, 15) is 9.90 Å². The van der Waals surface area contributed by atoms with Crippen molar-refractivity contribution in [1.29, 1.82) is 0 Å². The van der Waals surface area contributed by atoms with Gasteiger partial charge in [-0.15, -0.1) is 0 Å². The molecular weight excluding hydrogens is 251 g/mol. The third-order valence-corrected chi connectivity index (χ3v) is 1.78. The van der Waals surface area contributed by atoms with Gasteiger partial charge < -0.3 is 9.90 Å². The molecule has 0 unspecified atom stereocenters. The van der Waals surface area contributed by atoms with Crippen LogP contribution in [-0.4, -0.2) is 43.7 Å². The molecule has 0 N–H and O–H groups in total. The standard InChI is InChI=1S/C9H4Cl2O2.Ca/c10-7-3-1-6(8(11)5-7)2-4-9(12)13;/h1,3,5H,(H,12,13);/q;+2/p-1. The molecule has 5 heteroatoms. The van der Waals surface area contributed by atoms with Crippen LogP contribution in [0.5, 0.6) is 0 Å². The van der Waals surface area contributed by atoms with Crippen molar-refractivity contribution in [3.63, 3.8) is 0 Å². The Kier molecular flexibility index (Phi) is 6.59. The minimum absolute atomic E-state index is 0.